The van der Waals surface area contributed by atoms with Gasteiger partial charge in [-0.05, 0) is 31.2 Å². The first kappa shape index (κ1) is 13.7. The molecule has 0 aliphatic heterocycles. The quantitative estimate of drug-likeness (QED) is 0.846. The second-order valence-corrected chi connectivity index (χ2v) is 4.16. The van der Waals surface area contributed by atoms with Gasteiger partial charge >= 0.3 is 0 Å². The summed E-state index contributed by atoms with van der Waals surface area (Å²) in [5.41, 5.74) is 1.12. The van der Waals surface area contributed by atoms with E-state index in [4.69, 9.17) is 4.74 Å². The molecule has 1 amide bonds. The Labute approximate surface area is 116 Å². The highest BCUT2D eigenvalue weighted by Crippen LogP contribution is 2.11. The van der Waals surface area contributed by atoms with Crippen molar-refractivity contribution >= 4 is 17.4 Å². The van der Waals surface area contributed by atoms with Crippen LogP contribution < -0.4 is 10.1 Å². The van der Waals surface area contributed by atoms with Crippen molar-refractivity contribution in [3.05, 3.63) is 54.4 Å². The molecule has 1 heterocycles. The highest BCUT2D eigenvalue weighted by Gasteiger charge is 2.05. The van der Waals surface area contributed by atoms with Crippen LogP contribution in [0.3, 0.4) is 0 Å². The maximum absolute atomic E-state index is 11.7. The lowest BCUT2D eigenvalue weighted by atomic mass is 10.1. The molecule has 0 bridgehead atoms. The molecule has 1 aromatic carbocycles. The van der Waals surface area contributed by atoms with Gasteiger partial charge in [0, 0.05) is 17.4 Å². The summed E-state index contributed by atoms with van der Waals surface area (Å²) in [6, 6.07) is 10.2. The van der Waals surface area contributed by atoms with Crippen LogP contribution in [0.1, 0.15) is 17.3 Å². The summed E-state index contributed by atoms with van der Waals surface area (Å²) in [7, 11) is 0. The number of amides is 1. The molecule has 1 aromatic heterocycles. The molecule has 0 fully saturated rings. The number of carbonyl (C=O) groups is 2. The fourth-order valence-electron chi connectivity index (χ4n) is 1.59. The lowest BCUT2D eigenvalue weighted by molar-refractivity contribution is -0.118. The third-order valence-electron chi connectivity index (χ3n) is 2.56. The van der Waals surface area contributed by atoms with Gasteiger partial charge in [0.15, 0.2) is 12.4 Å². The molecule has 0 aliphatic carbocycles. The lowest BCUT2D eigenvalue weighted by Crippen LogP contribution is -2.20. The van der Waals surface area contributed by atoms with Crippen LogP contribution in [0, 0.1) is 0 Å². The van der Waals surface area contributed by atoms with Gasteiger partial charge in [-0.15, -0.1) is 0 Å². The molecule has 0 saturated heterocycles. The average Bonchev–Trinajstić information content (AvgIpc) is 2.46. The van der Waals surface area contributed by atoms with Crippen LogP contribution in [-0.4, -0.2) is 23.3 Å². The van der Waals surface area contributed by atoms with Crippen LogP contribution in [0.4, 0.5) is 5.69 Å². The number of pyridine rings is 1. The number of carbonyl (C=O) groups excluding carboxylic acids is 2. The van der Waals surface area contributed by atoms with Gasteiger partial charge in [0.05, 0.1) is 6.20 Å². The minimum atomic E-state index is -0.297. The molecule has 0 atom stereocenters. The predicted molar refractivity (Wildman–Crippen MR) is 74.8 cm³/mol. The number of hydrogen-bond donors (Lipinski definition) is 1. The number of nitrogens with zero attached hydrogens (tertiary/aromatic N) is 1. The van der Waals surface area contributed by atoms with Crippen molar-refractivity contribution in [3.63, 3.8) is 0 Å². The molecule has 0 aliphatic rings. The summed E-state index contributed by atoms with van der Waals surface area (Å²) in [6.07, 6.45) is 3.16. The van der Waals surface area contributed by atoms with Crippen molar-refractivity contribution in [3.8, 4) is 5.75 Å². The molecule has 0 saturated carbocycles. The van der Waals surface area contributed by atoms with E-state index in [1.807, 2.05) is 0 Å². The molecule has 0 spiro atoms. The molecule has 102 valence electrons. The van der Waals surface area contributed by atoms with Gasteiger partial charge in [0.25, 0.3) is 5.91 Å². The number of ketones is 1. The second-order valence-electron chi connectivity index (χ2n) is 4.16. The van der Waals surface area contributed by atoms with E-state index in [1.54, 1.807) is 42.6 Å². The van der Waals surface area contributed by atoms with Gasteiger partial charge in [-0.1, -0.05) is 12.1 Å². The largest absolute Gasteiger partial charge is 0.482 e. The predicted octanol–water partition coefficient (Wildman–Crippen LogP) is 2.30. The summed E-state index contributed by atoms with van der Waals surface area (Å²) >= 11 is 0. The van der Waals surface area contributed by atoms with E-state index < -0.39 is 0 Å². The molecule has 2 aromatic rings. The maximum Gasteiger partial charge on any atom is 0.262 e. The first-order valence-corrected chi connectivity index (χ1v) is 6.09. The Morgan fingerprint density at radius 1 is 1.25 bits per heavy atom. The standard InChI is InChI=1S/C15H14N2O3/c1-11(18)12-4-2-5-13(8-12)17-15(19)10-20-14-6-3-7-16-9-14/h2-9H,10H2,1H3,(H,17,19). The Balaban J connectivity index is 1.91. The van der Waals surface area contributed by atoms with Crippen molar-refractivity contribution in [2.45, 2.75) is 6.92 Å². The van der Waals surface area contributed by atoms with Gasteiger partial charge in [-0.25, -0.2) is 0 Å². The van der Waals surface area contributed by atoms with Crippen LogP contribution >= 0.6 is 0 Å². The lowest BCUT2D eigenvalue weighted by Gasteiger charge is -2.07. The average molecular weight is 270 g/mol. The SMILES string of the molecule is CC(=O)c1cccc(NC(=O)COc2cccnc2)c1. The molecule has 5 heteroatoms. The molecular formula is C15H14N2O3. The number of rotatable bonds is 5. The van der Waals surface area contributed by atoms with Gasteiger partial charge in [0.2, 0.25) is 0 Å². The summed E-state index contributed by atoms with van der Waals surface area (Å²) < 4.78 is 5.28. The number of ether oxygens (including phenoxy) is 1. The van der Waals surface area contributed by atoms with E-state index in [0.29, 0.717) is 17.0 Å². The van der Waals surface area contributed by atoms with E-state index in [9.17, 15) is 9.59 Å². The molecule has 0 unspecified atom stereocenters. The second kappa shape index (κ2) is 6.47. The minimum absolute atomic E-state index is 0.0484. The maximum atomic E-state index is 11.7. The van der Waals surface area contributed by atoms with Gasteiger partial charge in [-0.2, -0.15) is 0 Å². The smallest absolute Gasteiger partial charge is 0.262 e. The van der Waals surface area contributed by atoms with Gasteiger partial charge in [0.1, 0.15) is 5.75 Å². The number of hydrogen-bond acceptors (Lipinski definition) is 4. The Morgan fingerprint density at radius 2 is 2.10 bits per heavy atom. The number of benzene rings is 1. The van der Waals surface area contributed by atoms with Crippen molar-refractivity contribution in [1.29, 1.82) is 0 Å². The zero-order valence-electron chi connectivity index (χ0n) is 11.0. The van der Waals surface area contributed by atoms with Crippen molar-refractivity contribution in [2.75, 3.05) is 11.9 Å². The number of nitrogens with one attached hydrogen (secondary N) is 1. The summed E-state index contributed by atoms with van der Waals surface area (Å²) in [5, 5.41) is 2.67. The molecule has 0 radical (unpaired) electrons. The van der Waals surface area contributed by atoms with Gasteiger partial charge < -0.3 is 10.1 Å². The Kier molecular flexibility index (Phi) is 4.44. The third-order valence-corrected chi connectivity index (χ3v) is 2.56. The number of anilines is 1. The van der Waals surface area contributed by atoms with Crippen LogP contribution in [0.15, 0.2) is 48.8 Å². The van der Waals surface area contributed by atoms with Crippen LogP contribution in [0.5, 0.6) is 5.75 Å². The summed E-state index contributed by atoms with van der Waals surface area (Å²) in [5.74, 6) is 0.183. The van der Waals surface area contributed by atoms with E-state index in [0.717, 1.165) is 0 Å². The van der Waals surface area contributed by atoms with Crippen LogP contribution in [0.2, 0.25) is 0 Å². The summed E-state index contributed by atoms with van der Waals surface area (Å²) in [4.78, 5) is 26.9. The zero-order chi connectivity index (χ0) is 14.4. The van der Waals surface area contributed by atoms with Crippen LogP contribution in [-0.2, 0) is 4.79 Å². The molecular weight excluding hydrogens is 256 g/mol. The third kappa shape index (κ3) is 3.91. The topological polar surface area (TPSA) is 68.3 Å². The van der Waals surface area contributed by atoms with Crippen molar-refractivity contribution in [2.24, 2.45) is 0 Å². The van der Waals surface area contributed by atoms with E-state index in [1.165, 1.54) is 13.1 Å². The fourth-order valence-corrected chi connectivity index (χ4v) is 1.59. The van der Waals surface area contributed by atoms with Gasteiger partial charge in [-0.3, -0.25) is 14.6 Å². The summed E-state index contributed by atoms with van der Waals surface area (Å²) in [6.45, 7) is 1.36. The zero-order valence-corrected chi connectivity index (χ0v) is 11.0. The first-order chi connectivity index (χ1) is 9.65. The molecule has 5 nitrogen and oxygen atoms in total. The Hall–Kier alpha value is -2.69. The highest BCUT2D eigenvalue weighted by atomic mass is 16.5. The highest BCUT2D eigenvalue weighted by molar-refractivity contribution is 5.97. The minimum Gasteiger partial charge on any atom is -0.482 e. The number of Topliss-reactive ketones (excluding diaryl/α,β-unsaturated/α-hetero) is 1. The molecule has 2 rings (SSSR count). The van der Waals surface area contributed by atoms with Crippen molar-refractivity contribution < 1.29 is 14.3 Å². The fraction of sp³-hybridized carbons (Fsp3) is 0.133. The number of aromatic nitrogens is 1. The van der Waals surface area contributed by atoms with E-state index in [-0.39, 0.29) is 18.3 Å². The molecule has 20 heavy (non-hydrogen) atoms. The molecule has 1 N–H and O–H groups in total. The Morgan fingerprint density at radius 3 is 2.80 bits per heavy atom. The normalized spacial score (nSPS) is 9.85. The Bertz CT molecular complexity index is 612. The van der Waals surface area contributed by atoms with E-state index in [2.05, 4.69) is 10.3 Å². The van der Waals surface area contributed by atoms with Crippen molar-refractivity contribution in [1.82, 2.24) is 4.98 Å². The van der Waals surface area contributed by atoms with Crippen LogP contribution in [0.25, 0.3) is 0 Å². The monoisotopic (exact) mass is 270 g/mol. The first-order valence-electron chi connectivity index (χ1n) is 6.09. The van der Waals surface area contributed by atoms with E-state index >= 15 is 0 Å².